The molecule has 0 saturated carbocycles. The number of methoxy groups -OCH3 is 2. The molecule has 4 atom stereocenters. The van der Waals surface area contributed by atoms with Crippen molar-refractivity contribution in [2.45, 2.75) is 113 Å². The summed E-state index contributed by atoms with van der Waals surface area (Å²) in [5.74, 6) is 2.86. The van der Waals surface area contributed by atoms with Crippen molar-refractivity contribution in [3.05, 3.63) is 118 Å². The monoisotopic (exact) mass is 829 g/mol. The smallest absolute Gasteiger partial charge is 0.351 e. The molecule has 1 spiro atoms. The van der Waals surface area contributed by atoms with Crippen LogP contribution in [0.2, 0.25) is 22.2 Å². The molecular formula is C44H59N3O7SSi2. The molecule has 4 aromatic rings. The standard InChI is InChI=1S/C44H59N3O7SSi2/c1-29(2)56(30(3)4)51-28-38-40(53-57(54-56,31(5)6)32(7)8)43(25-27-55-43)41(52-38)47-26-24-39(45-42(47)48)46-44(33-14-12-11-13-15-33,34-16-20-36(49-9)21-17-34)35-18-22-37(50-10)23-19-35/h11-24,26,29-32,38,40-41H,25,27-28H2,1-10H3,(H,45,46,48)/t38-,40-,41-,43?/m1/s1. The summed E-state index contributed by atoms with van der Waals surface area (Å²) in [5.41, 5.74) is 2.31. The molecule has 0 bridgehead atoms. The lowest BCUT2D eigenvalue weighted by molar-refractivity contribution is -0.0570. The van der Waals surface area contributed by atoms with Crippen molar-refractivity contribution >= 4 is 34.7 Å². The molecule has 10 nitrogen and oxygen atoms in total. The Morgan fingerprint density at radius 3 is 1.77 bits per heavy atom. The summed E-state index contributed by atoms with van der Waals surface area (Å²) in [5, 5.41) is 3.75. The topological polar surface area (TPSA) is 102 Å². The summed E-state index contributed by atoms with van der Waals surface area (Å²) in [6.45, 7) is 18.2. The van der Waals surface area contributed by atoms with E-state index in [-0.39, 0.29) is 34.4 Å². The zero-order chi connectivity index (χ0) is 40.8. The van der Waals surface area contributed by atoms with Gasteiger partial charge in [-0.1, -0.05) is 110 Å². The zero-order valence-corrected chi connectivity index (χ0v) is 37.8. The van der Waals surface area contributed by atoms with Gasteiger partial charge in [-0.2, -0.15) is 4.98 Å². The fourth-order valence-electron chi connectivity index (χ4n) is 9.23. The van der Waals surface area contributed by atoms with E-state index < -0.39 is 39.3 Å². The maximum absolute atomic E-state index is 14.5. The lowest BCUT2D eigenvalue weighted by atomic mass is 9.77. The molecule has 1 unspecified atom stereocenters. The van der Waals surface area contributed by atoms with Crippen LogP contribution in [0.25, 0.3) is 0 Å². The SMILES string of the molecule is COc1ccc(C(Nc2ccn([C@@H]3O[C@@H]4CO[Si](C(C)C)(C(C)C)O[Si](C(C)C)(C(C)C)O[C@H]4C34CCS4)c(=O)n2)(c2ccccc2)c2ccc(OC)cc2)cc1. The number of rotatable bonds is 12. The Kier molecular flexibility index (Phi) is 11.9. The highest BCUT2D eigenvalue weighted by atomic mass is 32.2. The Bertz CT molecular complexity index is 1980. The summed E-state index contributed by atoms with van der Waals surface area (Å²) < 4.78 is 41.4. The lowest BCUT2D eigenvalue weighted by Crippen LogP contribution is -2.67. The second-order valence-corrected chi connectivity index (χ2v) is 27.1. The van der Waals surface area contributed by atoms with Crippen LogP contribution in [0.5, 0.6) is 11.5 Å². The van der Waals surface area contributed by atoms with Crippen molar-refractivity contribution in [3.63, 3.8) is 0 Å². The van der Waals surface area contributed by atoms with E-state index in [0.29, 0.717) is 12.4 Å². The molecular weight excluding hydrogens is 771 g/mol. The number of hydrogen-bond donors (Lipinski definition) is 1. The van der Waals surface area contributed by atoms with Gasteiger partial charge >= 0.3 is 22.8 Å². The van der Waals surface area contributed by atoms with Gasteiger partial charge in [-0.15, -0.1) is 11.8 Å². The zero-order valence-electron chi connectivity index (χ0n) is 35.0. The van der Waals surface area contributed by atoms with Gasteiger partial charge in [0.05, 0.1) is 31.7 Å². The van der Waals surface area contributed by atoms with Gasteiger partial charge in [-0.05, 0) is 81.4 Å². The number of nitrogens with one attached hydrogen (secondary N) is 1. The van der Waals surface area contributed by atoms with Crippen molar-refractivity contribution in [1.29, 1.82) is 0 Å². The number of nitrogens with zero attached hydrogens (tertiary/aromatic N) is 2. The Balaban J connectivity index is 1.30. The van der Waals surface area contributed by atoms with Gasteiger partial charge in [0.2, 0.25) is 0 Å². The van der Waals surface area contributed by atoms with Crippen LogP contribution in [0.4, 0.5) is 5.82 Å². The fourth-order valence-corrected chi connectivity index (χ4v) is 21.9. The number of ether oxygens (including phenoxy) is 3. The molecule has 3 aliphatic heterocycles. The highest BCUT2D eigenvalue weighted by molar-refractivity contribution is 8.02. The van der Waals surface area contributed by atoms with Gasteiger partial charge in [-0.25, -0.2) is 4.79 Å². The van der Waals surface area contributed by atoms with E-state index in [1.165, 1.54) is 0 Å². The minimum atomic E-state index is -2.91. The Morgan fingerprint density at radius 1 is 0.789 bits per heavy atom. The third-order valence-electron chi connectivity index (χ3n) is 12.4. The Labute approximate surface area is 344 Å². The number of fused-ring (bicyclic) bond motifs is 2. The second kappa shape index (κ2) is 16.3. The fraction of sp³-hybridized carbons (Fsp3) is 0.500. The quantitative estimate of drug-likeness (QED) is 0.110. The first-order valence-corrected chi connectivity index (χ1v) is 25.2. The first kappa shape index (κ1) is 41.7. The van der Waals surface area contributed by atoms with Crippen LogP contribution in [0, 0.1) is 0 Å². The predicted molar refractivity (Wildman–Crippen MR) is 232 cm³/mol. The molecule has 0 aliphatic carbocycles. The summed E-state index contributed by atoms with van der Waals surface area (Å²) in [4.78, 5) is 19.2. The molecule has 57 heavy (non-hydrogen) atoms. The Morgan fingerprint density at radius 2 is 1.32 bits per heavy atom. The molecule has 3 fully saturated rings. The van der Waals surface area contributed by atoms with Gasteiger partial charge < -0.3 is 32.5 Å². The second-order valence-electron chi connectivity index (χ2n) is 16.8. The average molecular weight is 830 g/mol. The normalized spacial score (nSPS) is 24.3. The maximum Gasteiger partial charge on any atom is 0.351 e. The van der Waals surface area contributed by atoms with E-state index in [1.54, 1.807) is 18.8 Å². The van der Waals surface area contributed by atoms with Crippen LogP contribution >= 0.6 is 11.8 Å². The number of thioether (sulfide) groups is 1. The minimum absolute atomic E-state index is 0.182. The van der Waals surface area contributed by atoms with E-state index in [2.05, 4.69) is 72.8 Å². The van der Waals surface area contributed by atoms with Crippen molar-refractivity contribution in [2.24, 2.45) is 0 Å². The van der Waals surface area contributed by atoms with E-state index in [9.17, 15) is 4.79 Å². The van der Waals surface area contributed by atoms with Crippen molar-refractivity contribution < 1.29 is 27.2 Å². The molecule has 0 radical (unpaired) electrons. The van der Waals surface area contributed by atoms with Crippen LogP contribution in [0.1, 0.15) is 84.7 Å². The van der Waals surface area contributed by atoms with E-state index in [4.69, 9.17) is 32.2 Å². The van der Waals surface area contributed by atoms with Crippen LogP contribution in [-0.4, -0.2) is 70.2 Å². The molecule has 13 heteroatoms. The summed E-state index contributed by atoms with van der Waals surface area (Å²) in [6.07, 6.45) is 1.42. The molecule has 0 amide bonds. The molecule has 3 aliphatic rings. The number of benzene rings is 3. The van der Waals surface area contributed by atoms with Gasteiger partial charge in [0, 0.05) is 6.20 Å². The molecule has 1 N–H and O–H groups in total. The van der Waals surface area contributed by atoms with E-state index >= 15 is 0 Å². The van der Waals surface area contributed by atoms with Crippen molar-refractivity contribution in [2.75, 3.05) is 31.9 Å². The van der Waals surface area contributed by atoms with E-state index in [0.717, 1.165) is 40.4 Å². The first-order valence-electron chi connectivity index (χ1n) is 20.3. The summed E-state index contributed by atoms with van der Waals surface area (Å²) >= 11 is 1.83. The molecule has 7 rings (SSSR count). The first-order chi connectivity index (χ1) is 27.3. The van der Waals surface area contributed by atoms with Crippen LogP contribution in [0.15, 0.2) is 95.9 Å². The molecule has 306 valence electrons. The van der Waals surface area contributed by atoms with E-state index in [1.807, 2.05) is 90.8 Å². The van der Waals surface area contributed by atoms with Gasteiger partial charge in [-0.3, -0.25) is 4.57 Å². The van der Waals surface area contributed by atoms with Gasteiger partial charge in [0.15, 0.2) is 6.23 Å². The lowest BCUT2D eigenvalue weighted by Gasteiger charge is -2.54. The highest BCUT2D eigenvalue weighted by Crippen LogP contribution is 2.60. The maximum atomic E-state index is 14.5. The average Bonchev–Trinajstić information content (AvgIpc) is 3.50. The highest BCUT2D eigenvalue weighted by Gasteiger charge is 2.68. The largest absolute Gasteiger partial charge is 0.497 e. The summed E-state index contributed by atoms with van der Waals surface area (Å²) in [6, 6.07) is 28.0. The molecule has 1 aromatic heterocycles. The van der Waals surface area contributed by atoms with Crippen LogP contribution < -0.4 is 20.5 Å². The van der Waals surface area contributed by atoms with Gasteiger partial charge in [0.1, 0.15) is 29.0 Å². The molecule has 4 heterocycles. The number of aromatic nitrogens is 2. The van der Waals surface area contributed by atoms with Gasteiger partial charge in [0.25, 0.3) is 0 Å². The van der Waals surface area contributed by atoms with Crippen molar-refractivity contribution in [1.82, 2.24) is 9.55 Å². The number of anilines is 1. The summed E-state index contributed by atoms with van der Waals surface area (Å²) in [7, 11) is -2.37. The Hall–Kier alpha value is -3.44. The third-order valence-corrected chi connectivity index (χ3v) is 24.2. The number of hydrogen-bond acceptors (Lipinski definition) is 10. The van der Waals surface area contributed by atoms with Crippen molar-refractivity contribution in [3.8, 4) is 11.5 Å². The molecule has 3 saturated heterocycles. The molecule has 3 aromatic carbocycles. The predicted octanol–water partition coefficient (Wildman–Crippen LogP) is 9.39. The minimum Gasteiger partial charge on any atom is -0.497 e. The van der Waals surface area contributed by atoms with Crippen LogP contribution in [-0.2, 0) is 23.2 Å². The third kappa shape index (κ3) is 7.10. The van der Waals surface area contributed by atoms with Crippen LogP contribution in [0.3, 0.4) is 0 Å².